The summed E-state index contributed by atoms with van der Waals surface area (Å²) in [7, 11) is 0. The van der Waals surface area contributed by atoms with Gasteiger partial charge in [0.15, 0.2) is 0 Å². The van der Waals surface area contributed by atoms with Crippen molar-refractivity contribution in [1.29, 1.82) is 0 Å². The number of carbonyl (C=O) groups is 2. The molecular formula is C16H21NO3. The highest BCUT2D eigenvalue weighted by Gasteiger charge is 2.08. The zero-order chi connectivity index (χ0) is 15.1. The number of aliphatic carboxylic acids is 1. The molecule has 1 rings (SSSR count). The molecule has 0 spiro atoms. The van der Waals surface area contributed by atoms with Crippen LogP contribution in [-0.2, 0) is 16.0 Å². The van der Waals surface area contributed by atoms with Crippen molar-refractivity contribution < 1.29 is 14.7 Å². The molecule has 0 saturated carbocycles. The third-order valence-electron chi connectivity index (χ3n) is 2.86. The Morgan fingerprint density at radius 3 is 2.25 bits per heavy atom. The molecule has 1 unspecified atom stereocenters. The Labute approximate surface area is 119 Å². The Hall–Kier alpha value is -2.10. The molecule has 0 aliphatic carbocycles. The zero-order valence-electron chi connectivity index (χ0n) is 12.1. The van der Waals surface area contributed by atoms with Crippen LogP contribution in [0, 0.1) is 5.92 Å². The molecule has 1 atom stereocenters. The number of carboxylic acids is 1. The molecule has 0 aliphatic heterocycles. The van der Waals surface area contributed by atoms with Crippen LogP contribution in [0.3, 0.4) is 0 Å². The monoisotopic (exact) mass is 275 g/mol. The van der Waals surface area contributed by atoms with Gasteiger partial charge < -0.3 is 10.4 Å². The first-order valence-corrected chi connectivity index (χ1v) is 6.69. The first-order valence-electron chi connectivity index (χ1n) is 6.69. The molecule has 108 valence electrons. The maximum atomic E-state index is 11.5. The van der Waals surface area contributed by atoms with E-state index in [4.69, 9.17) is 5.11 Å². The molecule has 4 nitrogen and oxygen atoms in total. The summed E-state index contributed by atoms with van der Waals surface area (Å²) in [4.78, 5) is 21.8. The van der Waals surface area contributed by atoms with Crippen LogP contribution < -0.4 is 5.32 Å². The Kier molecular flexibility index (Phi) is 5.97. The molecule has 4 heteroatoms. The molecule has 0 saturated heterocycles. The fourth-order valence-electron chi connectivity index (χ4n) is 1.91. The number of benzene rings is 1. The van der Waals surface area contributed by atoms with Gasteiger partial charge in [-0.05, 0) is 30.4 Å². The van der Waals surface area contributed by atoms with Crippen LogP contribution in [0.5, 0.6) is 0 Å². The van der Waals surface area contributed by atoms with Crippen molar-refractivity contribution in [2.24, 2.45) is 5.92 Å². The average molecular weight is 275 g/mol. The Morgan fingerprint density at radius 1 is 1.15 bits per heavy atom. The summed E-state index contributed by atoms with van der Waals surface area (Å²) >= 11 is 0. The molecule has 2 N–H and O–H groups in total. The second kappa shape index (κ2) is 7.48. The number of carbonyl (C=O) groups excluding carboxylic acids is 1. The van der Waals surface area contributed by atoms with E-state index in [-0.39, 0.29) is 6.04 Å². The molecule has 0 radical (unpaired) electrons. The molecule has 0 bridgehead atoms. The quantitative estimate of drug-likeness (QED) is 0.784. The molecule has 1 aromatic rings. The lowest BCUT2D eigenvalue weighted by Gasteiger charge is -2.14. The van der Waals surface area contributed by atoms with Crippen LogP contribution in [0.2, 0.25) is 0 Å². The van der Waals surface area contributed by atoms with E-state index in [0.29, 0.717) is 5.92 Å². The normalized spacial score (nSPS) is 12.6. The van der Waals surface area contributed by atoms with E-state index in [1.165, 1.54) is 5.56 Å². The maximum absolute atomic E-state index is 11.5. The molecule has 0 heterocycles. The predicted octanol–water partition coefficient (Wildman–Crippen LogP) is 2.70. The minimum atomic E-state index is -1.13. The number of amides is 1. The Bertz CT molecular complexity index is 489. The maximum Gasteiger partial charge on any atom is 0.328 e. The minimum absolute atomic E-state index is 0.158. The second-order valence-corrected chi connectivity index (χ2v) is 5.24. The molecule has 0 fully saturated rings. The molecule has 0 aliphatic rings. The fraction of sp³-hybridized carbons (Fsp3) is 0.375. The van der Waals surface area contributed by atoms with Gasteiger partial charge in [-0.3, -0.25) is 4.79 Å². The molecule has 1 amide bonds. The van der Waals surface area contributed by atoms with Crippen LogP contribution >= 0.6 is 0 Å². The van der Waals surface area contributed by atoms with E-state index in [9.17, 15) is 9.59 Å². The molecule has 0 aromatic heterocycles. The van der Waals surface area contributed by atoms with Crippen molar-refractivity contribution in [2.45, 2.75) is 33.2 Å². The summed E-state index contributed by atoms with van der Waals surface area (Å²) in [6, 6.07) is 7.94. The highest BCUT2D eigenvalue weighted by molar-refractivity contribution is 5.94. The van der Waals surface area contributed by atoms with Crippen molar-refractivity contribution >= 4 is 11.9 Å². The number of nitrogens with one attached hydrogen (secondary N) is 1. The van der Waals surface area contributed by atoms with E-state index in [0.717, 1.165) is 24.1 Å². The van der Waals surface area contributed by atoms with E-state index in [2.05, 4.69) is 31.3 Å². The summed E-state index contributed by atoms with van der Waals surface area (Å²) in [5, 5.41) is 11.2. The first kappa shape index (κ1) is 16.0. The van der Waals surface area contributed by atoms with Gasteiger partial charge in [0.25, 0.3) is 0 Å². The van der Waals surface area contributed by atoms with Crippen molar-refractivity contribution in [3.8, 4) is 0 Å². The van der Waals surface area contributed by atoms with Crippen molar-refractivity contribution in [3.05, 3.63) is 47.5 Å². The molecule has 1 aromatic carbocycles. The summed E-state index contributed by atoms with van der Waals surface area (Å²) in [5.74, 6) is -0.934. The number of rotatable bonds is 6. The van der Waals surface area contributed by atoms with Gasteiger partial charge in [0.05, 0.1) is 6.04 Å². The third-order valence-corrected chi connectivity index (χ3v) is 2.86. The fourth-order valence-corrected chi connectivity index (χ4v) is 1.91. The van der Waals surface area contributed by atoms with Crippen LogP contribution in [0.4, 0.5) is 0 Å². The number of hydrogen-bond acceptors (Lipinski definition) is 2. The highest BCUT2D eigenvalue weighted by atomic mass is 16.4. The molecule has 20 heavy (non-hydrogen) atoms. The molecular weight excluding hydrogens is 254 g/mol. The Morgan fingerprint density at radius 2 is 1.75 bits per heavy atom. The highest BCUT2D eigenvalue weighted by Crippen LogP contribution is 2.15. The van der Waals surface area contributed by atoms with Gasteiger partial charge in [-0.25, -0.2) is 4.79 Å². The third kappa shape index (κ3) is 5.69. The smallest absolute Gasteiger partial charge is 0.328 e. The van der Waals surface area contributed by atoms with E-state index in [1.807, 2.05) is 19.1 Å². The van der Waals surface area contributed by atoms with Gasteiger partial charge in [0.2, 0.25) is 5.91 Å². The largest absolute Gasteiger partial charge is 0.478 e. The summed E-state index contributed by atoms with van der Waals surface area (Å²) in [5.41, 5.74) is 2.27. The summed E-state index contributed by atoms with van der Waals surface area (Å²) in [6.45, 7) is 6.21. The topological polar surface area (TPSA) is 66.4 Å². The van der Waals surface area contributed by atoms with Gasteiger partial charge in [0, 0.05) is 12.2 Å². The number of hydrogen-bond donors (Lipinski definition) is 2. The van der Waals surface area contributed by atoms with Crippen LogP contribution in [0.1, 0.15) is 37.9 Å². The Balaban J connectivity index is 2.61. The second-order valence-electron chi connectivity index (χ2n) is 5.24. The average Bonchev–Trinajstić information content (AvgIpc) is 2.36. The standard InChI is InChI=1S/C16H21NO3/c1-11(2)10-13-4-6-14(7-5-13)12(3)17-15(18)8-9-16(19)20/h4-9,11-12H,10H2,1-3H3,(H,17,18)(H,19,20)/b9-8+. The lowest BCUT2D eigenvalue weighted by Crippen LogP contribution is -2.24. The van der Waals surface area contributed by atoms with E-state index < -0.39 is 11.9 Å². The lowest BCUT2D eigenvalue weighted by molar-refractivity contribution is -0.131. The first-order chi connectivity index (χ1) is 9.38. The van der Waals surface area contributed by atoms with Gasteiger partial charge >= 0.3 is 5.97 Å². The van der Waals surface area contributed by atoms with Crippen molar-refractivity contribution in [1.82, 2.24) is 5.32 Å². The van der Waals surface area contributed by atoms with E-state index in [1.54, 1.807) is 0 Å². The van der Waals surface area contributed by atoms with Crippen LogP contribution in [-0.4, -0.2) is 17.0 Å². The van der Waals surface area contributed by atoms with Gasteiger partial charge in [-0.15, -0.1) is 0 Å². The van der Waals surface area contributed by atoms with Gasteiger partial charge in [-0.2, -0.15) is 0 Å². The van der Waals surface area contributed by atoms with Crippen LogP contribution in [0.25, 0.3) is 0 Å². The minimum Gasteiger partial charge on any atom is -0.478 e. The van der Waals surface area contributed by atoms with Gasteiger partial charge in [-0.1, -0.05) is 38.1 Å². The SMILES string of the molecule is CC(C)Cc1ccc(C(C)NC(=O)/C=C/C(=O)O)cc1. The summed E-state index contributed by atoms with van der Waals surface area (Å²) < 4.78 is 0. The zero-order valence-corrected chi connectivity index (χ0v) is 12.1. The van der Waals surface area contributed by atoms with Crippen molar-refractivity contribution in [2.75, 3.05) is 0 Å². The van der Waals surface area contributed by atoms with E-state index >= 15 is 0 Å². The predicted molar refractivity (Wildman–Crippen MR) is 78.3 cm³/mol. The van der Waals surface area contributed by atoms with Gasteiger partial charge in [0.1, 0.15) is 0 Å². The summed E-state index contributed by atoms with van der Waals surface area (Å²) in [6.07, 6.45) is 2.88. The number of carboxylic acid groups (broad SMARTS) is 1. The lowest BCUT2D eigenvalue weighted by atomic mass is 10.00. The van der Waals surface area contributed by atoms with Crippen molar-refractivity contribution in [3.63, 3.8) is 0 Å². The van der Waals surface area contributed by atoms with Crippen LogP contribution in [0.15, 0.2) is 36.4 Å².